The molecule has 366 valence electrons. The highest BCUT2D eigenvalue weighted by Crippen LogP contribution is 2.41. The molecule has 18 nitrogen and oxygen atoms in total. The van der Waals surface area contributed by atoms with Gasteiger partial charge >= 0.3 is 24.0 Å². The fourth-order valence-corrected chi connectivity index (χ4v) is 7.71. The molecule has 0 spiro atoms. The summed E-state index contributed by atoms with van der Waals surface area (Å²) in [6.07, 6.45) is -2.54. The van der Waals surface area contributed by atoms with E-state index >= 15 is 0 Å². The van der Waals surface area contributed by atoms with Gasteiger partial charge < -0.3 is 69.3 Å². The van der Waals surface area contributed by atoms with Gasteiger partial charge in [-0.05, 0) is 68.0 Å². The van der Waals surface area contributed by atoms with Crippen molar-refractivity contribution in [3.05, 3.63) is 71.8 Å². The van der Waals surface area contributed by atoms with Gasteiger partial charge in [-0.3, -0.25) is 4.79 Å². The molecule has 0 saturated carbocycles. The molecule has 2 heterocycles. The SMILES string of the molecule is COC(=O)[C@@]1(OCCCCCN(Cc2ccccc2)C(=O)OCc2ccccc2)CC(C)[C@@H](C)C([C@H](C)COC(C)=O)O1.NCCCCCO[C@]1(C(=O)O)CC(O)[C@@H](O)C([C@H](O)CO)O1. The molecule has 18 heteroatoms. The zero-order valence-corrected chi connectivity index (χ0v) is 38.5. The highest BCUT2D eigenvalue weighted by Gasteiger charge is 2.55. The van der Waals surface area contributed by atoms with Crippen molar-refractivity contribution >= 4 is 24.0 Å². The van der Waals surface area contributed by atoms with Crippen LogP contribution in [-0.2, 0) is 60.7 Å². The molecule has 2 aliphatic heterocycles. The summed E-state index contributed by atoms with van der Waals surface area (Å²) in [5, 5.41) is 47.6. The normalized spacial score (nSPS) is 26.1. The van der Waals surface area contributed by atoms with E-state index in [9.17, 15) is 39.6 Å². The smallest absolute Gasteiger partial charge is 0.410 e. The van der Waals surface area contributed by atoms with Crippen molar-refractivity contribution in [2.75, 3.05) is 46.6 Å². The number of methoxy groups -OCH3 is 1. The standard InChI is InChI=1S/C34H47NO8.C13H25NO8/c1-25-21-34(32(37)39-5,43-31(27(25)3)26(2)23-40-28(4)36)42-20-14-8-13-19-35(22-29-15-9-6-10-16-29)33(38)41-24-30-17-11-7-12-18-30;14-4-2-1-3-5-21-13(12(19)20)6-8(16)10(18)11(22-13)9(17)7-15/h6-7,9-12,15-18,25-27,31H,8,13-14,19-24H2,1-5H3;8-11,15-18H,1-7,14H2,(H,19,20)/t25?,26-,27-,31?,34-;8?,9-,10-,11?,13-/m11/s1. The quantitative estimate of drug-likeness (QED) is 0.0495. The van der Waals surface area contributed by atoms with E-state index < -0.39 is 61.0 Å². The highest BCUT2D eigenvalue weighted by molar-refractivity contribution is 5.78. The van der Waals surface area contributed by atoms with Crippen molar-refractivity contribution in [1.82, 2.24) is 4.90 Å². The number of nitrogens with zero attached hydrogens (tertiary/aromatic N) is 1. The molecule has 0 bridgehead atoms. The molecule has 0 aromatic heterocycles. The van der Waals surface area contributed by atoms with Crippen LogP contribution >= 0.6 is 0 Å². The molecule has 0 aliphatic carbocycles. The summed E-state index contributed by atoms with van der Waals surface area (Å²) in [7, 11) is 1.33. The first-order chi connectivity index (χ1) is 31.0. The minimum Gasteiger partial charge on any atom is -0.477 e. The largest absolute Gasteiger partial charge is 0.477 e. The number of carboxylic acid groups (broad SMARTS) is 1. The molecule has 1 amide bonds. The number of amides is 1. The van der Waals surface area contributed by atoms with Gasteiger partial charge in [-0.25, -0.2) is 14.4 Å². The lowest BCUT2D eigenvalue weighted by atomic mass is 9.78. The maximum Gasteiger partial charge on any atom is 0.410 e. The number of carbonyl (C=O) groups is 4. The first kappa shape index (κ1) is 55.1. The fraction of sp³-hybridized carbons (Fsp3) is 0.660. The number of aliphatic hydroxyl groups is 4. The molecule has 2 aliphatic rings. The highest BCUT2D eigenvalue weighted by atomic mass is 16.7. The third-order valence-corrected chi connectivity index (χ3v) is 11.6. The third-order valence-electron chi connectivity index (χ3n) is 11.6. The van der Waals surface area contributed by atoms with Crippen molar-refractivity contribution in [1.29, 1.82) is 0 Å². The molecule has 7 N–H and O–H groups in total. The maximum atomic E-state index is 13.0. The number of unbranched alkanes of at least 4 members (excludes halogenated alkanes) is 4. The second-order valence-corrected chi connectivity index (χ2v) is 16.9. The maximum absolute atomic E-state index is 13.0. The predicted octanol–water partition coefficient (Wildman–Crippen LogP) is 3.92. The van der Waals surface area contributed by atoms with E-state index in [0.29, 0.717) is 45.5 Å². The van der Waals surface area contributed by atoms with Crippen LogP contribution in [0.25, 0.3) is 0 Å². The second-order valence-electron chi connectivity index (χ2n) is 16.9. The zero-order valence-electron chi connectivity index (χ0n) is 38.5. The Hall–Kier alpha value is -4.24. The van der Waals surface area contributed by atoms with Crippen LogP contribution in [-0.4, -0.2) is 143 Å². The summed E-state index contributed by atoms with van der Waals surface area (Å²) in [6.45, 7) is 8.97. The molecule has 2 aromatic carbocycles. The average Bonchev–Trinajstić information content (AvgIpc) is 3.30. The Morgan fingerprint density at radius 2 is 1.42 bits per heavy atom. The van der Waals surface area contributed by atoms with Crippen molar-refractivity contribution in [3.63, 3.8) is 0 Å². The van der Waals surface area contributed by atoms with Gasteiger partial charge in [0.2, 0.25) is 0 Å². The van der Waals surface area contributed by atoms with Gasteiger partial charge in [-0.2, -0.15) is 0 Å². The number of carboxylic acids is 1. The van der Waals surface area contributed by atoms with Crippen LogP contribution in [0, 0.1) is 17.8 Å². The Balaban J connectivity index is 0.000000428. The number of nitrogens with two attached hydrogens (primary N) is 1. The molecule has 4 unspecified atom stereocenters. The van der Waals surface area contributed by atoms with Crippen molar-refractivity contribution < 1.29 is 77.9 Å². The average molecular weight is 921 g/mol. The molecule has 2 saturated heterocycles. The first-order valence-corrected chi connectivity index (χ1v) is 22.5. The molecular weight excluding hydrogens is 849 g/mol. The summed E-state index contributed by atoms with van der Waals surface area (Å²) < 4.78 is 39.0. The van der Waals surface area contributed by atoms with Crippen LogP contribution in [0.4, 0.5) is 4.79 Å². The number of esters is 2. The topological polar surface area (TPSA) is 263 Å². The van der Waals surface area contributed by atoms with Gasteiger partial charge in [0.1, 0.15) is 24.9 Å². The van der Waals surface area contributed by atoms with E-state index in [2.05, 4.69) is 13.8 Å². The Bertz CT molecular complexity index is 1710. The molecule has 2 aromatic rings. The summed E-state index contributed by atoms with van der Waals surface area (Å²) in [6, 6.07) is 19.4. The third kappa shape index (κ3) is 17.2. The van der Waals surface area contributed by atoms with Gasteiger partial charge in [-0.1, -0.05) is 81.4 Å². The Morgan fingerprint density at radius 3 is 1.98 bits per heavy atom. The van der Waals surface area contributed by atoms with E-state index in [1.54, 1.807) is 4.90 Å². The number of hydrogen-bond acceptors (Lipinski definition) is 16. The predicted molar refractivity (Wildman–Crippen MR) is 235 cm³/mol. The Morgan fingerprint density at radius 1 is 0.831 bits per heavy atom. The minimum atomic E-state index is -2.16. The number of rotatable bonds is 24. The molecule has 10 atom stereocenters. The van der Waals surface area contributed by atoms with Crippen LogP contribution in [0.5, 0.6) is 0 Å². The summed E-state index contributed by atoms with van der Waals surface area (Å²) >= 11 is 0. The lowest BCUT2D eigenvalue weighted by Gasteiger charge is -2.46. The zero-order chi connectivity index (χ0) is 48.0. The summed E-state index contributed by atoms with van der Waals surface area (Å²) in [5.74, 6) is -5.95. The minimum absolute atomic E-state index is 0.0665. The molecule has 65 heavy (non-hydrogen) atoms. The van der Waals surface area contributed by atoms with Crippen LogP contribution in [0.2, 0.25) is 0 Å². The van der Waals surface area contributed by atoms with Gasteiger partial charge in [0.25, 0.3) is 11.6 Å². The monoisotopic (exact) mass is 920 g/mol. The Kier molecular flexibility index (Phi) is 23.8. The van der Waals surface area contributed by atoms with E-state index in [4.69, 9.17) is 44.0 Å². The van der Waals surface area contributed by atoms with Crippen molar-refractivity contribution in [2.45, 2.75) is 134 Å². The Labute approximate surface area is 382 Å². The number of ether oxygens (including phenoxy) is 7. The van der Waals surface area contributed by atoms with Crippen molar-refractivity contribution in [3.8, 4) is 0 Å². The van der Waals surface area contributed by atoms with E-state index in [1.165, 1.54) is 14.0 Å². The number of aliphatic hydroxyl groups excluding tert-OH is 4. The lowest BCUT2D eigenvalue weighted by molar-refractivity contribution is -0.323. The van der Waals surface area contributed by atoms with Crippen LogP contribution in [0.15, 0.2) is 60.7 Å². The number of carbonyl (C=O) groups excluding carboxylic acids is 3. The first-order valence-electron chi connectivity index (χ1n) is 22.5. The van der Waals surface area contributed by atoms with Crippen LogP contribution in [0.1, 0.15) is 90.2 Å². The van der Waals surface area contributed by atoms with E-state index in [1.807, 2.05) is 67.6 Å². The molecule has 4 rings (SSSR count). The molecule has 0 radical (unpaired) electrons. The van der Waals surface area contributed by atoms with Gasteiger partial charge in [0.05, 0.1) is 45.7 Å². The fourth-order valence-electron chi connectivity index (χ4n) is 7.71. The molecular formula is C47H72N2O16. The van der Waals surface area contributed by atoms with Gasteiger partial charge in [0, 0.05) is 38.8 Å². The van der Waals surface area contributed by atoms with Crippen LogP contribution < -0.4 is 5.73 Å². The van der Waals surface area contributed by atoms with Crippen molar-refractivity contribution in [2.24, 2.45) is 23.5 Å². The van der Waals surface area contributed by atoms with E-state index in [0.717, 1.165) is 36.8 Å². The molecule has 2 fully saturated rings. The number of hydrogen-bond donors (Lipinski definition) is 6. The van der Waals surface area contributed by atoms with Gasteiger partial charge in [-0.15, -0.1) is 0 Å². The van der Waals surface area contributed by atoms with Crippen LogP contribution in [0.3, 0.4) is 0 Å². The number of aliphatic carboxylic acids is 1. The lowest BCUT2D eigenvalue weighted by Crippen LogP contribution is -2.62. The van der Waals surface area contributed by atoms with Gasteiger partial charge in [0.15, 0.2) is 0 Å². The van der Waals surface area contributed by atoms with E-state index in [-0.39, 0.29) is 55.7 Å². The summed E-state index contributed by atoms with van der Waals surface area (Å²) in [5.41, 5.74) is 7.32. The summed E-state index contributed by atoms with van der Waals surface area (Å²) in [4.78, 5) is 50.6. The number of benzene rings is 2. The second kappa shape index (κ2) is 28.1.